The van der Waals surface area contributed by atoms with Crippen molar-refractivity contribution >= 4 is 5.78 Å². The topological polar surface area (TPSA) is 21.5 Å². The lowest BCUT2D eigenvalue weighted by Crippen LogP contribution is -3.11. The molecule has 0 heterocycles. The maximum absolute atomic E-state index is 12.8. The van der Waals surface area contributed by atoms with Gasteiger partial charge in [0.25, 0.3) is 0 Å². The summed E-state index contributed by atoms with van der Waals surface area (Å²) in [5.41, 5.74) is 0.103. The smallest absolute Gasteiger partial charge is 0.195 e. The molecule has 4 saturated carbocycles. The fourth-order valence-corrected chi connectivity index (χ4v) is 5.13. The van der Waals surface area contributed by atoms with Gasteiger partial charge in [0.1, 0.15) is 6.04 Å². The van der Waals surface area contributed by atoms with Crippen molar-refractivity contribution in [3.05, 3.63) is 0 Å². The van der Waals surface area contributed by atoms with Crippen LogP contribution in [0.5, 0.6) is 0 Å². The van der Waals surface area contributed by atoms with E-state index < -0.39 is 0 Å². The normalized spacial score (nSPS) is 45.3. The number of likely N-dealkylation sites (N-methyl/N-ethyl adjacent to an activating group) is 1. The Kier molecular flexibility index (Phi) is 2.62. The molecule has 4 fully saturated rings. The maximum atomic E-state index is 12.8. The molecule has 0 saturated heterocycles. The highest BCUT2D eigenvalue weighted by molar-refractivity contribution is 5.88. The number of ketones is 1. The average Bonchev–Trinajstić information content (AvgIpc) is 2.25. The Morgan fingerprint density at radius 2 is 1.47 bits per heavy atom. The molecule has 1 N–H and O–H groups in total. The highest BCUT2D eigenvalue weighted by atomic mass is 16.1. The SMILES string of the molecule is C[C@@H](C(=O)C12CC3CC(CC(C3)C1)C2)[NH+](C)C. The molecule has 0 unspecified atom stereocenters. The minimum atomic E-state index is 0.103. The highest BCUT2D eigenvalue weighted by Gasteiger charge is 2.55. The molecule has 4 aliphatic rings. The lowest BCUT2D eigenvalue weighted by molar-refractivity contribution is -0.873. The van der Waals surface area contributed by atoms with Gasteiger partial charge in [0, 0.05) is 5.41 Å². The van der Waals surface area contributed by atoms with Crippen molar-refractivity contribution in [1.29, 1.82) is 0 Å². The van der Waals surface area contributed by atoms with Crippen LogP contribution in [0.15, 0.2) is 0 Å². The van der Waals surface area contributed by atoms with E-state index in [9.17, 15) is 4.79 Å². The number of nitrogens with one attached hydrogen (secondary N) is 1. The van der Waals surface area contributed by atoms with E-state index in [1.165, 1.54) is 43.4 Å². The molecule has 0 radical (unpaired) electrons. The molecule has 96 valence electrons. The molecular formula is C15H26NO+. The maximum Gasteiger partial charge on any atom is 0.195 e. The summed E-state index contributed by atoms with van der Waals surface area (Å²) in [5.74, 6) is 3.23. The van der Waals surface area contributed by atoms with E-state index in [0.717, 1.165) is 17.8 Å². The van der Waals surface area contributed by atoms with Crippen molar-refractivity contribution in [2.75, 3.05) is 14.1 Å². The molecule has 0 aliphatic heterocycles. The standard InChI is InChI=1S/C15H25NO/c1-10(16(2)3)14(17)15-7-11-4-12(8-15)6-13(5-11)9-15/h10-13H,4-9H2,1-3H3/p+1/t10-,11?,12?,13?,15?/m0/s1. The second-order valence-corrected chi connectivity index (χ2v) is 7.36. The Labute approximate surface area is 105 Å². The van der Waals surface area contributed by atoms with Crippen LogP contribution in [0, 0.1) is 23.2 Å². The number of hydrogen-bond acceptors (Lipinski definition) is 1. The Morgan fingerprint density at radius 1 is 1.06 bits per heavy atom. The largest absolute Gasteiger partial charge is 0.331 e. The van der Waals surface area contributed by atoms with Crippen molar-refractivity contribution in [2.24, 2.45) is 23.2 Å². The van der Waals surface area contributed by atoms with E-state index >= 15 is 0 Å². The van der Waals surface area contributed by atoms with Crippen molar-refractivity contribution in [3.8, 4) is 0 Å². The molecular weight excluding hydrogens is 210 g/mol. The van der Waals surface area contributed by atoms with Crippen LogP contribution in [0.25, 0.3) is 0 Å². The van der Waals surface area contributed by atoms with E-state index in [2.05, 4.69) is 21.0 Å². The molecule has 0 aromatic heterocycles. The van der Waals surface area contributed by atoms with Gasteiger partial charge < -0.3 is 4.90 Å². The third-order valence-electron chi connectivity index (χ3n) is 5.82. The quantitative estimate of drug-likeness (QED) is 0.784. The minimum absolute atomic E-state index is 0.103. The summed E-state index contributed by atoms with van der Waals surface area (Å²) < 4.78 is 0. The molecule has 2 heteroatoms. The van der Waals surface area contributed by atoms with Crippen LogP contribution in [0.2, 0.25) is 0 Å². The third kappa shape index (κ3) is 1.76. The molecule has 2 nitrogen and oxygen atoms in total. The molecule has 4 bridgehead atoms. The first-order valence-corrected chi connectivity index (χ1v) is 7.34. The number of rotatable bonds is 3. The van der Waals surface area contributed by atoms with E-state index in [1.807, 2.05) is 0 Å². The lowest BCUT2D eigenvalue weighted by Gasteiger charge is -2.56. The Bertz CT molecular complexity index is 299. The van der Waals surface area contributed by atoms with E-state index in [1.54, 1.807) is 0 Å². The van der Waals surface area contributed by atoms with E-state index in [-0.39, 0.29) is 11.5 Å². The number of carbonyl (C=O) groups excluding carboxylic acids is 1. The molecule has 4 rings (SSSR count). The molecule has 0 spiro atoms. The van der Waals surface area contributed by atoms with Gasteiger partial charge in [0.15, 0.2) is 5.78 Å². The average molecular weight is 236 g/mol. The van der Waals surface area contributed by atoms with Crippen LogP contribution in [0.1, 0.15) is 45.4 Å². The predicted octanol–water partition coefficient (Wildman–Crippen LogP) is 1.30. The minimum Gasteiger partial charge on any atom is -0.331 e. The number of Topliss-reactive ketones (excluding diaryl/α,β-unsaturated/α-hetero) is 1. The summed E-state index contributed by atoms with van der Waals surface area (Å²) in [7, 11) is 4.23. The molecule has 17 heavy (non-hydrogen) atoms. The third-order valence-corrected chi connectivity index (χ3v) is 5.82. The number of quaternary nitrogens is 1. The summed E-state index contributed by atoms with van der Waals surface area (Å²) in [6.45, 7) is 2.12. The van der Waals surface area contributed by atoms with Gasteiger partial charge in [-0.3, -0.25) is 4.79 Å². The zero-order valence-electron chi connectivity index (χ0n) is 11.5. The van der Waals surface area contributed by atoms with Gasteiger partial charge in [-0.05, 0) is 63.2 Å². The highest BCUT2D eigenvalue weighted by Crippen LogP contribution is 2.60. The first kappa shape index (κ1) is 11.7. The Morgan fingerprint density at radius 3 is 1.82 bits per heavy atom. The summed E-state index contributed by atoms with van der Waals surface area (Å²) in [6.07, 6.45) is 7.93. The molecule has 4 aliphatic carbocycles. The zero-order chi connectivity index (χ0) is 12.2. The van der Waals surface area contributed by atoms with E-state index in [0.29, 0.717) is 5.78 Å². The van der Waals surface area contributed by atoms with Gasteiger partial charge >= 0.3 is 0 Å². The second kappa shape index (κ2) is 3.81. The lowest BCUT2D eigenvalue weighted by atomic mass is 9.48. The fraction of sp³-hybridized carbons (Fsp3) is 0.933. The van der Waals surface area contributed by atoms with Crippen molar-refractivity contribution in [2.45, 2.75) is 51.5 Å². The molecule has 1 atom stereocenters. The van der Waals surface area contributed by atoms with Gasteiger partial charge in [-0.1, -0.05) is 0 Å². The summed E-state index contributed by atoms with van der Waals surface area (Å²) in [6, 6.07) is 0.186. The second-order valence-electron chi connectivity index (χ2n) is 7.36. The molecule has 0 aromatic rings. The molecule has 0 amide bonds. The van der Waals surface area contributed by atoms with Gasteiger partial charge in [-0.15, -0.1) is 0 Å². The first-order chi connectivity index (χ1) is 8.00. The van der Waals surface area contributed by atoms with Crippen LogP contribution in [-0.2, 0) is 4.79 Å². The van der Waals surface area contributed by atoms with Crippen LogP contribution >= 0.6 is 0 Å². The predicted molar refractivity (Wildman–Crippen MR) is 67.9 cm³/mol. The van der Waals surface area contributed by atoms with Gasteiger partial charge in [-0.25, -0.2) is 0 Å². The molecule has 0 aromatic carbocycles. The Hall–Kier alpha value is -0.370. The van der Waals surface area contributed by atoms with Crippen LogP contribution < -0.4 is 4.90 Å². The van der Waals surface area contributed by atoms with Crippen LogP contribution in [0.4, 0.5) is 0 Å². The van der Waals surface area contributed by atoms with E-state index in [4.69, 9.17) is 0 Å². The number of hydrogen-bond donors (Lipinski definition) is 1. The zero-order valence-corrected chi connectivity index (χ0v) is 11.5. The summed E-state index contributed by atoms with van der Waals surface area (Å²) in [4.78, 5) is 14.1. The fourth-order valence-electron chi connectivity index (χ4n) is 5.13. The summed E-state index contributed by atoms with van der Waals surface area (Å²) >= 11 is 0. The monoisotopic (exact) mass is 236 g/mol. The summed E-state index contributed by atoms with van der Waals surface area (Å²) in [5, 5.41) is 0. The van der Waals surface area contributed by atoms with Gasteiger partial charge in [0.05, 0.1) is 14.1 Å². The van der Waals surface area contributed by atoms with Crippen molar-refractivity contribution in [1.82, 2.24) is 0 Å². The van der Waals surface area contributed by atoms with Gasteiger partial charge in [0.2, 0.25) is 0 Å². The van der Waals surface area contributed by atoms with Crippen molar-refractivity contribution < 1.29 is 9.69 Å². The Balaban J connectivity index is 1.84. The van der Waals surface area contributed by atoms with Gasteiger partial charge in [-0.2, -0.15) is 0 Å². The number of carbonyl (C=O) groups is 1. The first-order valence-electron chi connectivity index (χ1n) is 7.34. The van der Waals surface area contributed by atoms with Crippen LogP contribution in [-0.4, -0.2) is 25.9 Å². The van der Waals surface area contributed by atoms with Crippen LogP contribution in [0.3, 0.4) is 0 Å². The van der Waals surface area contributed by atoms with Crippen molar-refractivity contribution in [3.63, 3.8) is 0 Å².